The molecule has 0 unspecified atom stereocenters. The molecular weight excluding hydrogens is 242 g/mol. The van der Waals surface area contributed by atoms with Crippen molar-refractivity contribution >= 4 is 17.5 Å². The summed E-state index contributed by atoms with van der Waals surface area (Å²) in [6, 6.07) is 6.02. The van der Waals surface area contributed by atoms with Crippen LogP contribution in [0.3, 0.4) is 0 Å². The standard InChI is InChI=1S/C12H14F2N2O2/c1-2-7-15-11(17)8-5-3-4-6-9(8)16-12(18)10(13)14/h3-6,10H,2,7H2,1H3,(H,15,17)(H,16,18). The first-order chi connectivity index (χ1) is 8.56. The number of benzene rings is 1. The number of rotatable bonds is 5. The minimum atomic E-state index is -3.11. The average Bonchev–Trinajstić information content (AvgIpc) is 2.36. The quantitative estimate of drug-likeness (QED) is 0.846. The maximum Gasteiger partial charge on any atom is 0.315 e. The fraction of sp³-hybridized carbons (Fsp3) is 0.333. The Morgan fingerprint density at radius 1 is 1.28 bits per heavy atom. The van der Waals surface area contributed by atoms with E-state index < -0.39 is 18.2 Å². The molecule has 0 radical (unpaired) electrons. The van der Waals surface area contributed by atoms with Crippen molar-refractivity contribution < 1.29 is 18.4 Å². The molecule has 6 heteroatoms. The van der Waals surface area contributed by atoms with Crippen LogP contribution in [0.2, 0.25) is 0 Å². The highest BCUT2D eigenvalue weighted by atomic mass is 19.3. The molecule has 98 valence electrons. The van der Waals surface area contributed by atoms with Gasteiger partial charge >= 0.3 is 6.43 Å². The van der Waals surface area contributed by atoms with Crippen molar-refractivity contribution in [2.45, 2.75) is 19.8 Å². The number of nitrogens with one attached hydrogen (secondary N) is 2. The van der Waals surface area contributed by atoms with Gasteiger partial charge in [0.25, 0.3) is 11.8 Å². The van der Waals surface area contributed by atoms with E-state index in [1.165, 1.54) is 12.1 Å². The third-order valence-corrected chi connectivity index (χ3v) is 2.16. The summed E-state index contributed by atoms with van der Waals surface area (Å²) < 4.78 is 24.3. The summed E-state index contributed by atoms with van der Waals surface area (Å²) in [5.74, 6) is -1.83. The van der Waals surface area contributed by atoms with E-state index in [0.29, 0.717) is 6.54 Å². The summed E-state index contributed by atoms with van der Waals surface area (Å²) in [4.78, 5) is 22.6. The highest BCUT2D eigenvalue weighted by molar-refractivity contribution is 6.04. The van der Waals surface area contributed by atoms with E-state index in [4.69, 9.17) is 0 Å². The minimum Gasteiger partial charge on any atom is -0.352 e. The molecule has 0 spiro atoms. The van der Waals surface area contributed by atoms with E-state index in [-0.39, 0.29) is 11.3 Å². The lowest BCUT2D eigenvalue weighted by Crippen LogP contribution is -2.27. The smallest absolute Gasteiger partial charge is 0.315 e. The zero-order valence-corrected chi connectivity index (χ0v) is 9.87. The van der Waals surface area contributed by atoms with Gasteiger partial charge in [-0.1, -0.05) is 19.1 Å². The fourth-order valence-electron chi connectivity index (χ4n) is 1.31. The average molecular weight is 256 g/mol. The first kappa shape index (κ1) is 14.1. The van der Waals surface area contributed by atoms with E-state index in [1.807, 2.05) is 12.2 Å². The molecule has 0 saturated heterocycles. The number of halogens is 2. The maximum atomic E-state index is 12.1. The minimum absolute atomic E-state index is 0.0800. The van der Waals surface area contributed by atoms with Crippen LogP contribution >= 0.6 is 0 Å². The lowest BCUT2D eigenvalue weighted by Gasteiger charge is -2.10. The number of amides is 2. The number of carbonyl (C=O) groups is 2. The van der Waals surface area contributed by atoms with Crippen LogP contribution in [0.25, 0.3) is 0 Å². The van der Waals surface area contributed by atoms with Gasteiger partial charge in [-0.2, -0.15) is 8.78 Å². The highest BCUT2D eigenvalue weighted by Crippen LogP contribution is 2.15. The zero-order chi connectivity index (χ0) is 13.5. The predicted octanol–water partition coefficient (Wildman–Crippen LogP) is 2.03. The molecule has 4 nitrogen and oxygen atoms in total. The molecule has 0 aliphatic heterocycles. The summed E-state index contributed by atoms with van der Waals surface area (Å²) in [6.07, 6.45) is -2.35. The van der Waals surface area contributed by atoms with Crippen LogP contribution in [-0.4, -0.2) is 24.8 Å². The monoisotopic (exact) mass is 256 g/mol. The van der Waals surface area contributed by atoms with Crippen LogP contribution in [0.5, 0.6) is 0 Å². The van der Waals surface area contributed by atoms with E-state index >= 15 is 0 Å². The van der Waals surface area contributed by atoms with Crippen molar-refractivity contribution in [1.29, 1.82) is 0 Å². The van der Waals surface area contributed by atoms with E-state index in [1.54, 1.807) is 12.1 Å². The molecule has 0 bridgehead atoms. The molecule has 1 aromatic rings. The van der Waals surface area contributed by atoms with Crippen LogP contribution in [-0.2, 0) is 4.79 Å². The molecule has 2 amide bonds. The predicted molar refractivity (Wildman–Crippen MR) is 63.7 cm³/mol. The Hall–Kier alpha value is -1.98. The Kier molecular flexibility index (Phi) is 5.23. The molecule has 0 heterocycles. The van der Waals surface area contributed by atoms with E-state index in [0.717, 1.165) is 6.42 Å². The Morgan fingerprint density at radius 2 is 1.94 bits per heavy atom. The number of anilines is 1. The molecule has 0 aromatic heterocycles. The summed E-state index contributed by atoms with van der Waals surface area (Å²) in [6.45, 7) is 2.38. The molecular formula is C12H14F2N2O2. The van der Waals surface area contributed by atoms with Crippen LogP contribution in [0, 0.1) is 0 Å². The molecule has 0 atom stereocenters. The van der Waals surface area contributed by atoms with Crippen molar-refractivity contribution in [3.05, 3.63) is 29.8 Å². The van der Waals surface area contributed by atoms with E-state index in [9.17, 15) is 18.4 Å². The second-order valence-corrected chi connectivity index (χ2v) is 3.59. The third kappa shape index (κ3) is 3.80. The molecule has 0 saturated carbocycles. The lowest BCUT2D eigenvalue weighted by atomic mass is 10.1. The number of alkyl halides is 2. The van der Waals surface area contributed by atoms with Gasteiger partial charge < -0.3 is 10.6 Å². The Labute approximate surface area is 103 Å². The van der Waals surface area contributed by atoms with Crippen molar-refractivity contribution in [1.82, 2.24) is 5.32 Å². The van der Waals surface area contributed by atoms with Gasteiger partial charge in [-0.25, -0.2) is 0 Å². The Bertz CT molecular complexity index is 436. The van der Waals surface area contributed by atoms with Crippen LogP contribution in [0.15, 0.2) is 24.3 Å². The lowest BCUT2D eigenvalue weighted by molar-refractivity contribution is -0.126. The third-order valence-electron chi connectivity index (χ3n) is 2.16. The van der Waals surface area contributed by atoms with Gasteiger partial charge in [-0.15, -0.1) is 0 Å². The molecule has 2 N–H and O–H groups in total. The molecule has 0 aliphatic carbocycles. The SMILES string of the molecule is CCCNC(=O)c1ccccc1NC(=O)C(F)F. The highest BCUT2D eigenvalue weighted by Gasteiger charge is 2.18. The maximum absolute atomic E-state index is 12.1. The van der Waals surface area contributed by atoms with Gasteiger partial charge in [0.2, 0.25) is 0 Å². The summed E-state index contributed by atoms with van der Waals surface area (Å²) in [5.41, 5.74) is 0.247. The first-order valence-electron chi connectivity index (χ1n) is 5.52. The molecule has 18 heavy (non-hydrogen) atoms. The molecule has 0 aliphatic rings. The van der Waals surface area contributed by atoms with Crippen LogP contribution in [0.4, 0.5) is 14.5 Å². The van der Waals surface area contributed by atoms with Gasteiger partial charge in [0, 0.05) is 6.54 Å². The van der Waals surface area contributed by atoms with Crippen molar-refractivity contribution in [3.63, 3.8) is 0 Å². The van der Waals surface area contributed by atoms with Crippen molar-refractivity contribution in [3.8, 4) is 0 Å². The largest absolute Gasteiger partial charge is 0.352 e. The number of hydrogen-bond acceptors (Lipinski definition) is 2. The van der Waals surface area contributed by atoms with Crippen molar-refractivity contribution in [2.24, 2.45) is 0 Å². The van der Waals surface area contributed by atoms with Gasteiger partial charge in [0.1, 0.15) is 0 Å². The Balaban J connectivity index is 2.85. The fourth-order valence-corrected chi connectivity index (χ4v) is 1.31. The second-order valence-electron chi connectivity index (χ2n) is 3.59. The first-order valence-corrected chi connectivity index (χ1v) is 5.52. The second kappa shape index (κ2) is 6.68. The molecule has 1 aromatic carbocycles. The molecule has 1 rings (SSSR count). The number of hydrogen-bond donors (Lipinski definition) is 2. The normalized spacial score (nSPS) is 10.2. The topological polar surface area (TPSA) is 58.2 Å². The molecule has 0 fully saturated rings. The Morgan fingerprint density at radius 3 is 2.56 bits per heavy atom. The van der Waals surface area contributed by atoms with Gasteiger partial charge in [0.15, 0.2) is 0 Å². The summed E-state index contributed by atoms with van der Waals surface area (Å²) in [5, 5.41) is 4.63. The summed E-state index contributed by atoms with van der Waals surface area (Å²) in [7, 11) is 0. The van der Waals surface area contributed by atoms with Gasteiger partial charge in [-0.05, 0) is 18.6 Å². The van der Waals surface area contributed by atoms with Crippen molar-refractivity contribution in [2.75, 3.05) is 11.9 Å². The summed E-state index contributed by atoms with van der Waals surface area (Å²) >= 11 is 0. The van der Waals surface area contributed by atoms with Gasteiger partial charge in [-0.3, -0.25) is 9.59 Å². The number of para-hydroxylation sites is 1. The van der Waals surface area contributed by atoms with Crippen LogP contribution in [0.1, 0.15) is 23.7 Å². The number of carbonyl (C=O) groups excluding carboxylic acids is 2. The van der Waals surface area contributed by atoms with Gasteiger partial charge in [0.05, 0.1) is 11.3 Å². The van der Waals surface area contributed by atoms with Crippen LogP contribution < -0.4 is 10.6 Å². The zero-order valence-electron chi connectivity index (χ0n) is 9.87. The van der Waals surface area contributed by atoms with E-state index in [2.05, 4.69) is 5.32 Å².